The van der Waals surface area contributed by atoms with E-state index in [1.807, 2.05) is 0 Å². The van der Waals surface area contributed by atoms with Crippen LogP contribution in [0.4, 0.5) is 0 Å². The maximum atomic E-state index is 11.6. The summed E-state index contributed by atoms with van der Waals surface area (Å²) in [6.07, 6.45) is 24.9. The van der Waals surface area contributed by atoms with E-state index in [0.717, 1.165) is 64.2 Å². The van der Waals surface area contributed by atoms with Crippen LogP contribution >= 0.6 is 0 Å². The first kappa shape index (κ1) is 28.4. The fourth-order valence-corrected chi connectivity index (χ4v) is 3.78. The maximum absolute atomic E-state index is 11.6. The monoisotopic (exact) mass is 422 g/mol. The minimum Gasteiger partial charge on any atom is -0.481 e. The van der Waals surface area contributed by atoms with Crippen molar-refractivity contribution in [2.45, 2.75) is 117 Å². The molecule has 0 aliphatic rings. The number of hydrogen-bond donors (Lipinski definition) is 2. The van der Waals surface area contributed by atoms with Crippen LogP contribution in [0.2, 0.25) is 0 Å². The first-order valence-corrected chi connectivity index (χ1v) is 12.3. The minimum atomic E-state index is -0.955. The van der Waals surface area contributed by atoms with Gasteiger partial charge in [-0.05, 0) is 44.9 Å². The van der Waals surface area contributed by atoms with E-state index in [-0.39, 0.29) is 0 Å². The highest BCUT2D eigenvalue weighted by Gasteiger charge is 2.32. The second kappa shape index (κ2) is 20.7. The van der Waals surface area contributed by atoms with Crippen molar-refractivity contribution >= 4 is 11.9 Å². The summed E-state index contributed by atoms with van der Waals surface area (Å²) in [4.78, 5) is 23.2. The number of rotatable bonds is 21. The van der Waals surface area contributed by atoms with Crippen LogP contribution in [0.15, 0.2) is 24.3 Å². The van der Waals surface area contributed by atoms with Gasteiger partial charge >= 0.3 is 11.9 Å². The number of carboxylic acid groups (broad SMARTS) is 2. The van der Waals surface area contributed by atoms with Crippen LogP contribution in [0.3, 0.4) is 0 Å². The third kappa shape index (κ3) is 16.2. The van der Waals surface area contributed by atoms with E-state index in [2.05, 4.69) is 38.2 Å². The van der Waals surface area contributed by atoms with Gasteiger partial charge < -0.3 is 10.2 Å². The molecule has 174 valence electrons. The van der Waals surface area contributed by atoms with E-state index in [4.69, 9.17) is 0 Å². The second-order valence-corrected chi connectivity index (χ2v) is 8.40. The van der Waals surface area contributed by atoms with Crippen molar-refractivity contribution in [1.29, 1.82) is 0 Å². The van der Waals surface area contributed by atoms with Crippen molar-refractivity contribution in [1.82, 2.24) is 0 Å². The molecular formula is C26H46O4. The van der Waals surface area contributed by atoms with Crippen LogP contribution in [0.1, 0.15) is 117 Å². The molecular weight excluding hydrogens is 376 g/mol. The number of carbonyl (C=O) groups is 2. The quantitative estimate of drug-likeness (QED) is 0.146. The van der Waals surface area contributed by atoms with Gasteiger partial charge in [-0.25, -0.2) is 0 Å². The maximum Gasteiger partial charge on any atom is 0.307 e. The van der Waals surface area contributed by atoms with Crippen LogP contribution in [0.25, 0.3) is 0 Å². The van der Waals surface area contributed by atoms with E-state index in [9.17, 15) is 19.8 Å². The molecule has 30 heavy (non-hydrogen) atoms. The first-order valence-electron chi connectivity index (χ1n) is 12.3. The van der Waals surface area contributed by atoms with Gasteiger partial charge in [-0.2, -0.15) is 0 Å². The van der Waals surface area contributed by atoms with Crippen LogP contribution in [-0.2, 0) is 9.59 Å². The third-order valence-electron chi connectivity index (χ3n) is 5.70. The van der Waals surface area contributed by atoms with E-state index < -0.39 is 23.8 Å². The molecule has 0 rings (SSSR count). The number of carboxylic acids is 2. The summed E-state index contributed by atoms with van der Waals surface area (Å²) < 4.78 is 0. The molecule has 0 aromatic carbocycles. The Hall–Kier alpha value is -1.58. The lowest BCUT2D eigenvalue weighted by Gasteiger charge is -2.20. The van der Waals surface area contributed by atoms with Crippen molar-refractivity contribution in [3.63, 3.8) is 0 Å². The van der Waals surface area contributed by atoms with E-state index in [1.165, 1.54) is 25.7 Å². The van der Waals surface area contributed by atoms with Crippen molar-refractivity contribution in [3.05, 3.63) is 24.3 Å². The summed E-state index contributed by atoms with van der Waals surface area (Å²) in [6.45, 7) is 4.33. The smallest absolute Gasteiger partial charge is 0.307 e. The predicted molar refractivity (Wildman–Crippen MR) is 126 cm³/mol. The molecule has 4 heteroatoms. The Labute approximate surface area is 184 Å². The van der Waals surface area contributed by atoms with Gasteiger partial charge in [0.1, 0.15) is 0 Å². The number of hydrogen-bond acceptors (Lipinski definition) is 2. The Bertz CT molecular complexity index is 481. The van der Waals surface area contributed by atoms with Gasteiger partial charge in [-0.3, -0.25) is 9.59 Å². The molecule has 0 saturated heterocycles. The Morgan fingerprint density at radius 3 is 1.47 bits per heavy atom. The average molecular weight is 423 g/mol. The Balaban J connectivity index is 3.98. The lowest BCUT2D eigenvalue weighted by molar-refractivity contribution is -0.154. The van der Waals surface area contributed by atoms with Crippen molar-refractivity contribution in [3.8, 4) is 0 Å². The summed E-state index contributed by atoms with van der Waals surface area (Å²) in [5.41, 5.74) is 0. The van der Waals surface area contributed by atoms with Gasteiger partial charge in [0.05, 0.1) is 11.8 Å². The largest absolute Gasteiger partial charge is 0.481 e. The van der Waals surface area contributed by atoms with Crippen molar-refractivity contribution < 1.29 is 19.8 Å². The molecule has 0 amide bonds. The normalized spacial score (nSPS) is 13.8. The number of unbranched alkanes of at least 4 members (excludes halogenated alkanes) is 10. The van der Waals surface area contributed by atoms with E-state index in [0.29, 0.717) is 12.8 Å². The zero-order valence-corrected chi connectivity index (χ0v) is 19.5. The fraction of sp³-hybridized carbons (Fsp3) is 0.769. The Morgan fingerprint density at radius 1 is 0.600 bits per heavy atom. The van der Waals surface area contributed by atoms with Gasteiger partial charge in [0.15, 0.2) is 0 Å². The molecule has 4 nitrogen and oxygen atoms in total. The molecule has 2 N–H and O–H groups in total. The van der Waals surface area contributed by atoms with Crippen LogP contribution in [0.5, 0.6) is 0 Å². The molecule has 2 unspecified atom stereocenters. The predicted octanol–water partition coefficient (Wildman–Crippen LogP) is 7.78. The van der Waals surface area contributed by atoms with E-state index in [1.54, 1.807) is 0 Å². The Morgan fingerprint density at radius 2 is 1.00 bits per heavy atom. The fourth-order valence-electron chi connectivity index (χ4n) is 3.78. The summed E-state index contributed by atoms with van der Waals surface area (Å²) in [6, 6.07) is 0. The average Bonchev–Trinajstić information content (AvgIpc) is 2.71. The Kier molecular flexibility index (Phi) is 19.6. The van der Waals surface area contributed by atoms with Gasteiger partial charge in [-0.1, -0.05) is 95.9 Å². The lowest BCUT2D eigenvalue weighted by atomic mass is 9.84. The highest BCUT2D eigenvalue weighted by Crippen LogP contribution is 2.26. The van der Waals surface area contributed by atoms with Crippen LogP contribution in [-0.4, -0.2) is 22.2 Å². The molecule has 0 heterocycles. The molecule has 0 radical (unpaired) electrons. The molecule has 0 aliphatic heterocycles. The van der Waals surface area contributed by atoms with Gasteiger partial charge in [0.2, 0.25) is 0 Å². The molecule has 0 aliphatic carbocycles. The van der Waals surface area contributed by atoms with Crippen molar-refractivity contribution in [2.24, 2.45) is 11.8 Å². The number of aliphatic carboxylic acids is 2. The van der Waals surface area contributed by atoms with Crippen molar-refractivity contribution in [2.75, 3.05) is 0 Å². The van der Waals surface area contributed by atoms with Gasteiger partial charge in [-0.15, -0.1) is 0 Å². The zero-order chi connectivity index (χ0) is 22.5. The molecule has 2 atom stereocenters. The highest BCUT2D eigenvalue weighted by molar-refractivity contribution is 5.79. The lowest BCUT2D eigenvalue weighted by Crippen LogP contribution is -2.30. The highest BCUT2D eigenvalue weighted by atomic mass is 16.4. The molecule has 0 aromatic rings. The number of allylic oxidation sites excluding steroid dienone is 4. The molecule has 0 bridgehead atoms. The van der Waals surface area contributed by atoms with Gasteiger partial charge in [0, 0.05) is 0 Å². The first-order chi connectivity index (χ1) is 14.5. The minimum absolute atomic E-state index is 0.471. The molecule has 0 fully saturated rings. The summed E-state index contributed by atoms with van der Waals surface area (Å²) in [7, 11) is 0. The topological polar surface area (TPSA) is 74.6 Å². The molecule has 0 aromatic heterocycles. The SMILES string of the molecule is CCCCC/C=C\C/C=C\CCCCCCC(C(=O)O)C(CCCCCC)C(=O)O. The van der Waals surface area contributed by atoms with Crippen LogP contribution < -0.4 is 0 Å². The second-order valence-electron chi connectivity index (χ2n) is 8.40. The van der Waals surface area contributed by atoms with E-state index >= 15 is 0 Å². The van der Waals surface area contributed by atoms with Gasteiger partial charge in [0.25, 0.3) is 0 Å². The third-order valence-corrected chi connectivity index (χ3v) is 5.70. The summed E-state index contributed by atoms with van der Waals surface area (Å²) in [5.74, 6) is -3.42. The van der Waals surface area contributed by atoms with Crippen LogP contribution in [0, 0.1) is 11.8 Å². The summed E-state index contributed by atoms with van der Waals surface area (Å²) >= 11 is 0. The standard InChI is InChI=1S/C26H46O4/c1-3-5-7-9-10-11-12-13-14-15-16-17-18-20-22-24(26(29)30)23(25(27)28)21-19-8-6-4-2/h10-11,13-14,23-24H,3-9,12,15-22H2,1-2H3,(H,27,28)(H,29,30)/b11-10-,14-13-. The molecule has 0 spiro atoms. The summed E-state index contributed by atoms with van der Waals surface area (Å²) in [5, 5.41) is 19.0. The molecule has 0 saturated carbocycles. The zero-order valence-electron chi connectivity index (χ0n) is 19.5.